The lowest BCUT2D eigenvalue weighted by Gasteiger charge is -2.32. The predicted molar refractivity (Wildman–Crippen MR) is 93.1 cm³/mol. The molecule has 0 saturated carbocycles. The van der Waals surface area contributed by atoms with Crippen molar-refractivity contribution >= 4 is 17.7 Å². The molecule has 4 nitrogen and oxygen atoms in total. The van der Waals surface area contributed by atoms with Crippen molar-refractivity contribution in [3.05, 3.63) is 65.7 Å². The maximum atomic E-state index is 12.6. The fourth-order valence-electron chi connectivity index (χ4n) is 3.05. The summed E-state index contributed by atoms with van der Waals surface area (Å²) in [4.78, 5) is 26.2. The van der Waals surface area contributed by atoms with Crippen LogP contribution in [0.15, 0.2) is 54.6 Å². The van der Waals surface area contributed by atoms with Crippen molar-refractivity contribution in [1.82, 2.24) is 0 Å². The lowest BCUT2D eigenvalue weighted by atomic mass is 9.84. The summed E-state index contributed by atoms with van der Waals surface area (Å²) >= 11 is 0. The Labute approximate surface area is 142 Å². The Morgan fingerprint density at radius 2 is 1.83 bits per heavy atom. The summed E-state index contributed by atoms with van der Waals surface area (Å²) in [6.45, 7) is 2.36. The van der Waals surface area contributed by atoms with Crippen LogP contribution < -0.4 is 4.90 Å². The molecule has 2 aromatic rings. The number of carbonyl (C=O) groups is 2. The van der Waals surface area contributed by atoms with E-state index in [2.05, 4.69) is 0 Å². The smallest absolute Gasteiger partial charge is 0.421 e. The van der Waals surface area contributed by atoms with E-state index < -0.39 is 6.09 Å². The van der Waals surface area contributed by atoms with Gasteiger partial charge in [0.2, 0.25) is 5.91 Å². The molecule has 0 N–H and O–H groups in total. The summed E-state index contributed by atoms with van der Waals surface area (Å²) in [5, 5.41) is 0. The molecule has 0 radical (unpaired) electrons. The molecule has 24 heavy (non-hydrogen) atoms. The van der Waals surface area contributed by atoms with Gasteiger partial charge < -0.3 is 4.74 Å². The first kappa shape index (κ1) is 16.2. The fraction of sp³-hybridized carbons (Fsp3) is 0.300. The van der Waals surface area contributed by atoms with E-state index in [4.69, 9.17) is 4.74 Å². The lowest BCUT2D eigenvalue weighted by Crippen LogP contribution is -2.42. The van der Waals surface area contributed by atoms with E-state index in [0.717, 1.165) is 24.0 Å². The van der Waals surface area contributed by atoms with Crippen LogP contribution >= 0.6 is 0 Å². The summed E-state index contributed by atoms with van der Waals surface area (Å²) in [5.74, 6) is -0.251. The maximum absolute atomic E-state index is 12.6. The second-order valence-corrected chi connectivity index (χ2v) is 5.92. The van der Waals surface area contributed by atoms with Gasteiger partial charge in [0.1, 0.15) is 0 Å². The van der Waals surface area contributed by atoms with E-state index in [9.17, 15) is 9.59 Å². The number of anilines is 1. The van der Waals surface area contributed by atoms with Crippen molar-refractivity contribution in [2.75, 3.05) is 11.5 Å². The standard InChI is InChI=1S/C20H21NO3/c1-2-3-13-24-20(23)21-18-12-8-7-11-16(18)17(14-19(21)22)15-9-5-4-6-10-15/h4-12,17H,2-3,13-14H2,1H3. The van der Waals surface area contributed by atoms with E-state index in [1.54, 1.807) is 0 Å². The zero-order chi connectivity index (χ0) is 16.9. The molecule has 1 aliphatic rings. The van der Waals surface area contributed by atoms with E-state index in [-0.39, 0.29) is 18.2 Å². The van der Waals surface area contributed by atoms with Gasteiger partial charge in [0, 0.05) is 12.3 Å². The molecule has 1 atom stereocenters. The highest BCUT2D eigenvalue weighted by molar-refractivity contribution is 6.14. The predicted octanol–water partition coefficient (Wildman–Crippen LogP) is 4.49. The van der Waals surface area contributed by atoms with Crippen LogP contribution in [0.5, 0.6) is 0 Å². The van der Waals surface area contributed by atoms with Crippen LogP contribution in [-0.4, -0.2) is 18.6 Å². The van der Waals surface area contributed by atoms with Crippen LogP contribution in [0.4, 0.5) is 10.5 Å². The minimum Gasteiger partial charge on any atom is -0.449 e. The van der Waals surface area contributed by atoms with E-state index >= 15 is 0 Å². The van der Waals surface area contributed by atoms with Gasteiger partial charge in [0.25, 0.3) is 0 Å². The second-order valence-electron chi connectivity index (χ2n) is 5.92. The summed E-state index contributed by atoms with van der Waals surface area (Å²) in [5.41, 5.74) is 2.69. The quantitative estimate of drug-likeness (QED) is 0.779. The number of nitrogens with zero attached hydrogens (tertiary/aromatic N) is 1. The van der Waals surface area contributed by atoms with Crippen LogP contribution in [-0.2, 0) is 9.53 Å². The first-order chi connectivity index (χ1) is 11.7. The van der Waals surface area contributed by atoms with Crippen molar-refractivity contribution in [3.8, 4) is 0 Å². The average Bonchev–Trinajstić information content (AvgIpc) is 2.62. The molecule has 3 rings (SSSR count). The first-order valence-electron chi connectivity index (χ1n) is 8.36. The summed E-state index contributed by atoms with van der Waals surface area (Å²) < 4.78 is 5.26. The van der Waals surface area contributed by atoms with Crippen molar-refractivity contribution in [2.24, 2.45) is 0 Å². The maximum Gasteiger partial charge on any atom is 0.421 e. The molecule has 0 spiro atoms. The van der Waals surface area contributed by atoms with Crippen molar-refractivity contribution in [1.29, 1.82) is 0 Å². The zero-order valence-corrected chi connectivity index (χ0v) is 13.8. The van der Waals surface area contributed by atoms with Crippen LogP contribution in [0.25, 0.3) is 0 Å². The fourth-order valence-corrected chi connectivity index (χ4v) is 3.05. The Kier molecular flexibility index (Phi) is 4.94. The number of unbranched alkanes of at least 4 members (excludes halogenated alkanes) is 1. The topological polar surface area (TPSA) is 46.6 Å². The molecule has 0 fully saturated rings. The highest BCUT2D eigenvalue weighted by Gasteiger charge is 2.36. The largest absolute Gasteiger partial charge is 0.449 e. The van der Waals surface area contributed by atoms with Gasteiger partial charge in [-0.2, -0.15) is 0 Å². The Hall–Kier alpha value is -2.62. The Morgan fingerprint density at radius 1 is 1.12 bits per heavy atom. The SMILES string of the molecule is CCCCOC(=O)N1C(=O)CC(c2ccccc2)c2ccccc21. The number of hydrogen-bond acceptors (Lipinski definition) is 3. The highest BCUT2D eigenvalue weighted by Crippen LogP contribution is 2.40. The van der Waals surface area contributed by atoms with Crippen LogP contribution in [0, 0.1) is 0 Å². The number of hydrogen-bond donors (Lipinski definition) is 0. The van der Waals surface area contributed by atoms with Gasteiger partial charge in [0.05, 0.1) is 12.3 Å². The van der Waals surface area contributed by atoms with Gasteiger partial charge in [-0.1, -0.05) is 61.9 Å². The minimum absolute atomic E-state index is 0.0328. The van der Waals surface area contributed by atoms with Crippen LogP contribution in [0.2, 0.25) is 0 Å². The Balaban J connectivity index is 1.93. The molecule has 0 saturated heterocycles. The van der Waals surface area contributed by atoms with Gasteiger partial charge in [-0.15, -0.1) is 0 Å². The number of rotatable bonds is 4. The molecule has 1 aliphatic heterocycles. The molecule has 0 bridgehead atoms. The van der Waals surface area contributed by atoms with E-state index in [0.29, 0.717) is 12.3 Å². The molecule has 1 heterocycles. The number of ether oxygens (including phenoxy) is 1. The summed E-state index contributed by atoms with van der Waals surface area (Å²) in [6, 6.07) is 17.5. The molecule has 4 heteroatoms. The number of para-hydroxylation sites is 1. The molecular weight excluding hydrogens is 302 g/mol. The molecule has 1 unspecified atom stereocenters. The Morgan fingerprint density at radius 3 is 2.58 bits per heavy atom. The molecule has 0 aromatic heterocycles. The van der Waals surface area contributed by atoms with E-state index in [1.165, 1.54) is 4.90 Å². The summed E-state index contributed by atoms with van der Waals surface area (Å²) in [7, 11) is 0. The number of benzene rings is 2. The first-order valence-corrected chi connectivity index (χ1v) is 8.36. The molecule has 0 aliphatic carbocycles. The normalized spacial score (nSPS) is 16.6. The number of amides is 2. The van der Waals surface area contributed by atoms with Gasteiger partial charge in [-0.05, 0) is 23.6 Å². The number of fused-ring (bicyclic) bond motifs is 1. The van der Waals surface area contributed by atoms with Crippen molar-refractivity contribution < 1.29 is 14.3 Å². The van der Waals surface area contributed by atoms with Crippen LogP contribution in [0.3, 0.4) is 0 Å². The zero-order valence-electron chi connectivity index (χ0n) is 13.8. The van der Waals surface area contributed by atoms with Gasteiger partial charge in [-0.3, -0.25) is 4.79 Å². The molecule has 2 aromatic carbocycles. The number of imide groups is 1. The Bertz CT molecular complexity index is 727. The van der Waals surface area contributed by atoms with Crippen molar-refractivity contribution in [2.45, 2.75) is 32.1 Å². The molecule has 2 amide bonds. The van der Waals surface area contributed by atoms with Gasteiger partial charge >= 0.3 is 6.09 Å². The average molecular weight is 323 g/mol. The highest BCUT2D eigenvalue weighted by atomic mass is 16.6. The molecular formula is C20H21NO3. The van der Waals surface area contributed by atoms with E-state index in [1.807, 2.05) is 61.5 Å². The van der Waals surface area contributed by atoms with Gasteiger partial charge in [-0.25, -0.2) is 9.69 Å². The third-order valence-electron chi connectivity index (χ3n) is 4.29. The summed E-state index contributed by atoms with van der Waals surface area (Å²) in [6.07, 6.45) is 1.42. The monoisotopic (exact) mass is 323 g/mol. The minimum atomic E-state index is -0.576. The second kappa shape index (κ2) is 7.30. The molecule has 124 valence electrons. The third-order valence-corrected chi connectivity index (χ3v) is 4.29. The lowest BCUT2D eigenvalue weighted by molar-refractivity contribution is -0.118. The van der Waals surface area contributed by atoms with Crippen molar-refractivity contribution in [3.63, 3.8) is 0 Å². The third kappa shape index (κ3) is 3.18. The van der Waals surface area contributed by atoms with Crippen LogP contribution in [0.1, 0.15) is 43.2 Å². The van der Waals surface area contributed by atoms with Gasteiger partial charge in [0.15, 0.2) is 0 Å². The number of carbonyl (C=O) groups excluding carboxylic acids is 2.